The van der Waals surface area contributed by atoms with E-state index in [1.54, 1.807) is 6.92 Å². The molecule has 0 spiro atoms. The third-order valence-electron chi connectivity index (χ3n) is 4.23. The van der Waals surface area contributed by atoms with Gasteiger partial charge in [-0.25, -0.2) is 4.79 Å². The number of carboxylic acids is 1. The molecule has 24 heavy (non-hydrogen) atoms. The fourth-order valence-corrected chi connectivity index (χ4v) is 2.88. The molecule has 1 N–H and O–H groups in total. The number of rotatable bonds is 4. The molecule has 1 aliphatic heterocycles. The number of aromatic nitrogens is 4. The number of piperidine rings is 1. The Bertz CT molecular complexity index is 730. The van der Waals surface area contributed by atoms with Crippen molar-refractivity contribution in [1.29, 1.82) is 0 Å². The minimum Gasteiger partial charge on any atom is -0.480 e. The smallest absolute Gasteiger partial charge is 0.326 e. The largest absolute Gasteiger partial charge is 0.480 e. The predicted octanol–water partition coefficient (Wildman–Crippen LogP) is 1.37. The maximum atomic E-state index is 12.7. The van der Waals surface area contributed by atoms with Crippen LogP contribution in [0.1, 0.15) is 32.2 Å². The Labute approximate surface area is 139 Å². The highest BCUT2D eigenvalue weighted by Gasteiger charge is 2.35. The third-order valence-corrected chi connectivity index (χ3v) is 4.23. The van der Waals surface area contributed by atoms with E-state index in [4.69, 9.17) is 0 Å². The number of tetrazole rings is 1. The maximum absolute atomic E-state index is 12.7. The summed E-state index contributed by atoms with van der Waals surface area (Å²) in [5, 5.41) is 21.5. The number of hydrogen-bond donors (Lipinski definition) is 1. The number of likely N-dealkylation sites (tertiary alicyclic amines) is 1. The van der Waals surface area contributed by atoms with Gasteiger partial charge >= 0.3 is 5.97 Å². The summed E-state index contributed by atoms with van der Waals surface area (Å²) >= 11 is 0. The first kappa shape index (κ1) is 16.1. The molecule has 1 saturated heterocycles. The molecule has 3 rings (SSSR count). The van der Waals surface area contributed by atoms with Crippen molar-refractivity contribution in [2.45, 2.75) is 38.3 Å². The molecule has 2 unspecified atom stereocenters. The first-order valence-electron chi connectivity index (χ1n) is 7.96. The molecule has 1 aliphatic rings. The van der Waals surface area contributed by atoms with E-state index in [1.807, 2.05) is 30.3 Å². The van der Waals surface area contributed by atoms with E-state index < -0.39 is 18.1 Å². The van der Waals surface area contributed by atoms with Crippen molar-refractivity contribution in [3.05, 3.63) is 30.3 Å². The average Bonchev–Trinajstić information content (AvgIpc) is 3.11. The Hall–Kier alpha value is -2.77. The van der Waals surface area contributed by atoms with Gasteiger partial charge in [-0.1, -0.05) is 30.3 Å². The molecule has 1 amide bonds. The number of aliphatic carboxylic acids is 1. The normalized spacial score (nSPS) is 19.0. The number of carbonyl (C=O) groups excluding carboxylic acids is 1. The lowest BCUT2D eigenvalue weighted by atomic mass is 10.0. The molecule has 0 aliphatic carbocycles. The Balaban J connectivity index is 1.78. The highest BCUT2D eigenvalue weighted by Crippen LogP contribution is 2.21. The highest BCUT2D eigenvalue weighted by molar-refractivity contribution is 5.86. The van der Waals surface area contributed by atoms with Gasteiger partial charge in [0.05, 0.1) is 0 Å². The second-order valence-corrected chi connectivity index (χ2v) is 5.86. The Morgan fingerprint density at radius 3 is 2.71 bits per heavy atom. The molecule has 8 heteroatoms. The number of carboxylic acid groups (broad SMARTS) is 1. The number of benzene rings is 1. The lowest BCUT2D eigenvalue weighted by Gasteiger charge is -2.34. The van der Waals surface area contributed by atoms with Crippen molar-refractivity contribution in [1.82, 2.24) is 25.1 Å². The van der Waals surface area contributed by atoms with Crippen LogP contribution in [0.3, 0.4) is 0 Å². The molecule has 1 aromatic heterocycles. The monoisotopic (exact) mass is 329 g/mol. The zero-order valence-corrected chi connectivity index (χ0v) is 13.4. The lowest BCUT2D eigenvalue weighted by molar-refractivity contribution is -0.153. The Morgan fingerprint density at radius 2 is 2.00 bits per heavy atom. The van der Waals surface area contributed by atoms with Gasteiger partial charge < -0.3 is 10.0 Å². The minimum absolute atomic E-state index is 0.292. The van der Waals surface area contributed by atoms with E-state index >= 15 is 0 Å². The summed E-state index contributed by atoms with van der Waals surface area (Å²) in [6.07, 6.45) is 2.10. The lowest BCUT2D eigenvalue weighted by Crippen LogP contribution is -2.50. The van der Waals surface area contributed by atoms with Crippen LogP contribution in [0, 0.1) is 0 Å². The number of amides is 1. The first-order chi connectivity index (χ1) is 11.6. The van der Waals surface area contributed by atoms with Crippen LogP contribution in [-0.2, 0) is 9.59 Å². The van der Waals surface area contributed by atoms with Crippen LogP contribution in [0.2, 0.25) is 0 Å². The van der Waals surface area contributed by atoms with Crippen molar-refractivity contribution < 1.29 is 14.7 Å². The van der Waals surface area contributed by atoms with Gasteiger partial charge in [0.15, 0.2) is 0 Å². The summed E-state index contributed by atoms with van der Waals surface area (Å²) in [7, 11) is 0. The summed E-state index contributed by atoms with van der Waals surface area (Å²) in [5.41, 5.74) is 0.810. The summed E-state index contributed by atoms with van der Waals surface area (Å²) < 4.78 is 0. The second-order valence-electron chi connectivity index (χ2n) is 5.86. The van der Waals surface area contributed by atoms with Crippen molar-refractivity contribution in [2.24, 2.45) is 0 Å². The van der Waals surface area contributed by atoms with Crippen LogP contribution in [0.15, 0.2) is 30.3 Å². The molecule has 1 aromatic carbocycles. The van der Waals surface area contributed by atoms with Gasteiger partial charge in [-0.2, -0.15) is 4.80 Å². The molecule has 2 atom stereocenters. The van der Waals surface area contributed by atoms with Crippen LogP contribution < -0.4 is 0 Å². The predicted molar refractivity (Wildman–Crippen MR) is 85.0 cm³/mol. The molecule has 126 valence electrons. The maximum Gasteiger partial charge on any atom is 0.326 e. The number of hydrogen-bond acceptors (Lipinski definition) is 5. The average molecular weight is 329 g/mol. The van der Waals surface area contributed by atoms with Gasteiger partial charge in [0, 0.05) is 12.1 Å². The third kappa shape index (κ3) is 3.12. The van der Waals surface area contributed by atoms with Crippen molar-refractivity contribution in [3.63, 3.8) is 0 Å². The Morgan fingerprint density at radius 1 is 1.25 bits per heavy atom. The minimum atomic E-state index is -0.966. The van der Waals surface area contributed by atoms with Crippen molar-refractivity contribution in [2.75, 3.05) is 6.54 Å². The van der Waals surface area contributed by atoms with Crippen LogP contribution >= 0.6 is 0 Å². The van der Waals surface area contributed by atoms with E-state index in [0.717, 1.165) is 18.4 Å². The zero-order chi connectivity index (χ0) is 17.1. The standard InChI is InChI=1S/C16H19N5O3/c1-11(15(22)20-10-6-5-9-13(20)16(23)24)21-18-14(17-19-21)12-7-3-2-4-8-12/h2-4,7-8,11,13H,5-6,9-10H2,1H3,(H,23,24). The first-order valence-corrected chi connectivity index (χ1v) is 7.96. The van der Waals surface area contributed by atoms with Gasteiger partial charge in [0.1, 0.15) is 12.1 Å². The molecular weight excluding hydrogens is 310 g/mol. The van der Waals surface area contributed by atoms with Gasteiger partial charge in [-0.05, 0) is 31.4 Å². The van der Waals surface area contributed by atoms with E-state index in [9.17, 15) is 14.7 Å². The molecular formula is C16H19N5O3. The molecule has 0 radical (unpaired) electrons. The zero-order valence-electron chi connectivity index (χ0n) is 13.4. The molecule has 0 bridgehead atoms. The van der Waals surface area contributed by atoms with Gasteiger partial charge in [-0.15, -0.1) is 10.2 Å². The fraction of sp³-hybridized carbons (Fsp3) is 0.438. The van der Waals surface area contributed by atoms with Crippen LogP contribution in [0.25, 0.3) is 11.4 Å². The molecule has 0 saturated carbocycles. The molecule has 2 heterocycles. The highest BCUT2D eigenvalue weighted by atomic mass is 16.4. The summed E-state index contributed by atoms with van der Waals surface area (Å²) in [5.74, 6) is -0.824. The number of carbonyl (C=O) groups is 2. The summed E-state index contributed by atoms with van der Waals surface area (Å²) in [4.78, 5) is 26.7. The molecule has 1 fully saturated rings. The quantitative estimate of drug-likeness (QED) is 0.909. The van der Waals surface area contributed by atoms with Crippen LogP contribution in [-0.4, -0.2) is 54.7 Å². The van der Waals surface area contributed by atoms with E-state index in [-0.39, 0.29) is 5.91 Å². The van der Waals surface area contributed by atoms with E-state index in [1.165, 1.54) is 9.70 Å². The van der Waals surface area contributed by atoms with Gasteiger partial charge in [0.25, 0.3) is 0 Å². The van der Waals surface area contributed by atoms with Crippen LogP contribution in [0.4, 0.5) is 0 Å². The summed E-state index contributed by atoms with van der Waals surface area (Å²) in [6.45, 7) is 2.10. The molecule has 8 nitrogen and oxygen atoms in total. The van der Waals surface area contributed by atoms with Gasteiger partial charge in [0.2, 0.25) is 11.7 Å². The fourth-order valence-electron chi connectivity index (χ4n) is 2.88. The second kappa shape index (κ2) is 6.77. The topological polar surface area (TPSA) is 101 Å². The van der Waals surface area contributed by atoms with Crippen molar-refractivity contribution in [3.8, 4) is 11.4 Å². The number of nitrogens with zero attached hydrogens (tertiary/aromatic N) is 5. The Kier molecular flexibility index (Phi) is 4.54. The van der Waals surface area contributed by atoms with Gasteiger partial charge in [-0.3, -0.25) is 4.79 Å². The SMILES string of the molecule is CC(C(=O)N1CCCCC1C(=O)O)n1nnc(-c2ccccc2)n1. The molecule has 2 aromatic rings. The summed E-state index contributed by atoms with van der Waals surface area (Å²) in [6, 6.07) is 7.88. The van der Waals surface area contributed by atoms with E-state index in [2.05, 4.69) is 15.4 Å². The van der Waals surface area contributed by atoms with E-state index in [0.29, 0.717) is 18.8 Å². The van der Waals surface area contributed by atoms with Crippen molar-refractivity contribution >= 4 is 11.9 Å². The van der Waals surface area contributed by atoms with Crippen LogP contribution in [0.5, 0.6) is 0 Å².